The number of rotatable bonds is 5. The molecule has 7 heteroatoms. The monoisotopic (exact) mass is 306 g/mol. The predicted molar refractivity (Wildman–Crippen MR) is 82.1 cm³/mol. The highest BCUT2D eigenvalue weighted by Crippen LogP contribution is 2.22. The number of hydrogen-bond acceptors (Lipinski definition) is 4. The molecule has 1 aromatic carbocycles. The van der Waals surface area contributed by atoms with Gasteiger partial charge in [-0.15, -0.1) is 0 Å². The van der Waals surface area contributed by atoms with Crippen LogP contribution in [0.3, 0.4) is 0 Å². The Bertz CT molecular complexity index is 758. The minimum absolute atomic E-state index is 0.191. The lowest BCUT2D eigenvalue weighted by atomic mass is 10.1. The first-order valence-electron chi connectivity index (χ1n) is 6.82. The van der Waals surface area contributed by atoms with E-state index < -0.39 is 23.5 Å². The first-order chi connectivity index (χ1) is 10.5. The summed E-state index contributed by atoms with van der Waals surface area (Å²) >= 11 is 0. The third-order valence-corrected chi connectivity index (χ3v) is 3.17. The molecule has 1 atom stereocenters. The summed E-state index contributed by atoms with van der Waals surface area (Å²) in [5.41, 5.74) is 0.0186. The molecule has 0 aliphatic heterocycles. The molecule has 2 aromatic rings. The smallest absolute Gasteiger partial charge is 0.261 e. The first kappa shape index (κ1) is 16.0. The van der Waals surface area contributed by atoms with Gasteiger partial charge in [-0.2, -0.15) is 0 Å². The van der Waals surface area contributed by atoms with Crippen LogP contribution in [0.2, 0.25) is 0 Å². The number of fused-ring (bicyclic) bond motifs is 1. The summed E-state index contributed by atoms with van der Waals surface area (Å²) in [5.74, 6) is -1.22. The molecule has 1 unspecified atom stereocenters. The number of aliphatic hydroxyl groups excluding tert-OH is 1. The van der Waals surface area contributed by atoms with Gasteiger partial charge in [-0.1, -0.05) is 6.92 Å². The molecule has 1 aromatic heterocycles. The Hall–Kier alpha value is -2.41. The van der Waals surface area contributed by atoms with Crippen LogP contribution >= 0.6 is 0 Å². The topological polar surface area (TPSA) is 94.2 Å². The summed E-state index contributed by atoms with van der Waals surface area (Å²) in [6.45, 7) is 1.81. The van der Waals surface area contributed by atoms with Gasteiger partial charge in [0.05, 0.1) is 11.2 Å². The van der Waals surface area contributed by atoms with Crippen molar-refractivity contribution in [2.45, 2.75) is 19.6 Å². The van der Waals surface area contributed by atoms with E-state index in [2.05, 4.69) is 15.6 Å². The van der Waals surface area contributed by atoms with Gasteiger partial charge in [-0.05, 0) is 24.6 Å². The zero-order chi connectivity index (χ0) is 16.3. The largest absolute Gasteiger partial charge is 0.386 e. The van der Waals surface area contributed by atoms with Crippen LogP contribution in [-0.2, 0) is 0 Å². The third kappa shape index (κ3) is 3.25. The number of hydrogen-bond donors (Lipinski definition) is 4. The van der Waals surface area contributed by atoms with E-state index >= 15 is 0 Å². The van der Waals surface area contributed by atoms with Crippen LogP contribution in [0.25, 0.3) is 10.9 Å². The van der Waals surface area contributed by atoms with Gasteiger partial charge in [0.15, 0.2) is 0 Å². The van der Waals surface area contributed by atoms with E-state index in [-0.39, 0.29) is 5.56 Å². The van der Waals surface area contributed by atoms with E-state index in [1.807, 2.05) is 0 Å². The van der Waals surface area contributed by atoms with Crippen molar-refractivity contribution in [2.24, 2.45) is 0 Å². The molecule has 0 aliphatic rings. The number of H-pyrrole nitrogens is 1. The highest BCUT2D eigenvalue weighted by atomic mass is 19.1. The number of halogens is 1. The Morgan fingerprint density at radius 3 is 2.82 bits per heavy atom. The summed E-state index contributed by atoms with van der Waals surface area (Å²) in [5, 5.41) is 15.0. The Balaban J connectivity index is 2.46. The van der Waals surface area contributed by atoms with Crippen molar-refractivity contribution in [2.75, 3.05) is 12.4 Å². The minimum Gasteiger partial charge on any atom is -0.386 e. The number of carbonyl (C=O) groups excluding carboxylic acids is 1. The van der Waals surface area contributed by atoms with Gasteiger partial charge < -0.3 is 20.7 Å². The van der Waals surface area contributed by atoms with Crippen LogP contribution in [0.5, 0.6) is 0 Å². The van der Waals surface area contributed by atoms with Crippen LogP contribution in [0.4, 0.5) is 10.1 Å². The first-order valence-corrected chi connectivity index (χ1v) is 6.82. The van der Waals surface area contributed by atoms with Crippen molar-refractivity contribution in [1.29, 1.82) is 0 Å². The lowest BCUT2D eigenvalue weighted by Crippen LogP contribution is -2.37. The number of carbonyl (C=O) groups is 1. The van der Waals surface area contributed by atoms with Crippen molar-refractivity contribution >= 4 is 22.5 Å². The van der Waals surface area contributed by atoms with E-state index in [4.69, 9.17) is 0 Å². The molecule has 1 radical (unpaired) electrons. The van der Waals surface area contributed by atoms with Crippen molar-refractivity contribution in [3.8, 4) is 0 Å². The maximum atomic E-state index is 13.6. The standard InChI is InChI=1S/C15H17FN3O3/c1-3-4-12(20)18-14(21)10-6-8-5-9(16)7-11(17-2)13(8)19-15(10)22/h4-7,12,17,20H,3H2,1-2H3,(H,18,21)(H,19,22). The molecule has 117 valence electrons. The maximum absolute atomic E-state index is 13.6. The molecule has 4 N–H and O–H groups in total. The molecular weight excluding hydrogens is 289 g/mol. The van der Waals surface area contributed by atoms with Crippen LogP contribution in [0, 0.1) is 12.2 Å². The normalized spacial score (nSPS) is 12.2. The van der Waals surface area contributed by atoms with Gasteiger partial charge in [0, 0.05) is 18.9 Å². The summed E-state index contributed by atoms with van der Waals surface area (Å²) in [7, 11) is 1.60. The fourth-order valence-corrected chi connectivity index (χ4v) is 2.14. The molecule has 2 rings (SSSR count). The average molecular weight is 306 g/mol. The molecule has 22 heavy (non-hydrogen) atoms. The SMILES string of the molecule is CC[CH]C(O)NC(=O)c1cc2cc(F)cc(NC)c2[nH]c1=O. The van der Waals surface area contributed by atoms with Gasteiger partial charge in [0.25, 0.3) is 11.5 Å². The average Bonchev–Trinajstić information content (AvgIpc) is 2.46. The van der Waals surface area contributed by atoms with Crippen molar-refractivity contribution in [1.82, 2.24) is 10.3 Å². The second-order valence-corrected chi connectivity index (χ2v) is 4.74. The van der Waals surface area contributed by atoms with Crippen LogP contribution in [0.1, 0.15) is 23.7 Å². The fourth-order valence-electron chi connectivity index (χ4n) is 2.14. The van der Waals surface area contributed by atoms with Crippen LogP contribution in [-0.4, -0.2) is 29.3 Å². The van der Waals surface area contributed by atoms with Gasteiger partial charge in [0.1, 0.15) is 17.6 Å². The Morgan fingerprint density at radius 2 is 2.18 bits per heavy atom. The third-order valence-electron chi connectivity index (χ3n) is 3.17. The van der Waals surface area contributed by atoms with Gasteiger partial charge in [-0.25, -0.2) is 4.39 Å². The summed E-state index contributed by atoms with van der Waals surface area (Å²) in [6, 6.07) is 3.77. The van der Waals surface area contributed by atoms with E-state index in [1.54, 1.807) is 14.0 Å². The number of pyridine rings is 1. The van der Waals surface area contributed by atoms with Gasteiger partial charge in [-0.3, -0.25) is 9.59 Å². The number of nitrogens with one attached hydrogen (secondary N) is 3. The van der Waals surface area contributed by atoms with Crippen LogP contribution < -0.4 is 16.2 Å². The summed E-state index contributed by atoms with van der Waals surface area (Å²) in [4.78, 5) is 26.6. The molecule has 1 heterocycles. The molecule has 0 aliphatic carbocycles. The van der Waals surface area contributed by atoms with Gasteiger partial charge >= 0.3 is 0 Å². The number of benzene rings is 1. The molecule has 0 saturated carbocycles. The molecule has 6 nitrogen and oxygen atoms in total. The van der Waals surface area contributed by atoms with Crippen LogP contribution in [0.15, 0.2) is 23.0 Å². The van der Waals surface area contributed by atoms with Crippen molar-refractivity contribution < 1.29 is 14.3 Å². The second-order valence-electron chi connectivity index (χ2n) is 4.74. The number of aliphatic hydroxyl groups is 1. The maximum Gasteiger partial charge on any atom is 0.261 e. The lowest BCUT2D eigenvalue weighted by molar-refractivity contribution is 0.0831. The van der Waals surface area contributed by atoms with Crippen molar-refractivity contribution in [3.05, 3.63) is 46.4 Å². The molecule has 0 fully saturated rings. The number of amides is 1. The highest BCUT2D eigenvalue weighted by molar-refractivity contribution is 5.99. The Labute approximate surface area is 126 Å². The van der Waals surface area contributed by atoms with E-state index in [0.717, 1.165) is 0 Å². The quantitative estimate of drug-likeness (QED) is 0.628. The summed E-state index contributed by atoms with van der Waals surface area (Å²) < 4.78 is 13.6. The van der Waals surface area contributed by atoms with Gasteiger partial charge in [0.2, 0.25) is 0 Å². The Morgan fingerprint density at radius 1 is 1.45 bits per heavy atom. The molecule has 1 amide bonds. The fraction of sp³-hybridized carbons (Fsp3) is 0.267. The molecular formula is C15H17FN3O3. The zero-order valence-corrected chi connectivity index (χ0v) is 12.2. The Kier molecular flexibility index (Phi) is 4.77. The molecule has 0 spiro atoms. The highest BCUT2D eigenvalue weighted by Gasteiger charge is 2.16. The molecule has 0 bridgehead atoms. The van der Waals surface area contributed by atoms with E-state index in [9.17, 15) is 19.1 Å². The zero-order valence-electron chi connectivity index (χ0n) is 12.2. The number of aromatic nitrogens is 1. The number of aromatic amines is 1. The van der Waals surface area contributed by atoms with Crippen molar-refractivity contribution in [3.63, 3.8) is 0 Å². The lowest BCUT2D eigenvalue weighted by Gasteiger charge is -2.12. The van der Waals surface area contributed by atoms with E-state index in [0.29, 0.717) is 23.0 Å². The predicted octanol–water partition coefficient (Wildman–Crippen LogP) is 1.37. The summed E-state index contributed by atoms with van der Waals surface area (Å²) in [6.07, 6.45) is 0.894. The number of anilines is 1. The molecule has 0 saturated heterocycles. The second kappa shape index (κ2) is 6.57. The van der Waals surface area contributed by atoms with E-state index in [1.165, 1.54) is 24.6 Å². The minimum atomic E-state index is -1.15.